The van der Waals surface area contributed by atoms with E-state index in [2.05, 4.69) is 0 Å². The molecule has 1 heterocycles. The van der Waals surface area contributed by atoms with Crippen molar-refractivity contribution in [1.82, 2.24) is 0 Å². The molecule has 0 spiro atoms. The van der Waals surface area contributed by atoms with E-state index >= 15 is 0 Å². The number of aliphatic hydroxyl groups is 1. The maximum Gasteiger partial charge on any atom is 0.344 e. The number of esters is 1. The van der Waals surface area contributed by atoms with E-state index < -0.39 is 77.1 Å². The zero-order chi connectivity index (χ0) is 31.9. The summed E-state index contributed by atoms with van der Waals surface area (Å²) in [6.07, 6.45) is -4.79. The van der Waals surface area contributed by atoms with Crippen molar-refractivity contribution in [1.29, 1.82) is 0 Å². The number of carbonyl (C=O) groups is 1. The molecule has 0 saturated carbocycles. The molecule has 4 aromatic carbocycles. The third-order valence-electron chi connectivity index (χ3n) is 6.98. The van der Waals surface area contributed by atoms with E-state index in [1.165, 1.54) is 11.8 Å². The highest BCUT2D eigenvalue weighted by atomic mass is 32.2. The molecule has 6 nitrogen and oxygen atoms in total. The Hall–Kier alpha value is -3.81. The van der Waals surface area contributed by atoms with Crippen LogP contribution in [0.1, 0.15) is 21.5 Å². The molecule has 1 saturated heterocycles. The van der Waals surface area contributed by atoms with E-state index in [0.29, 0.717) is 0 Å². The second-order valence-corrected chi connectivity index (χ2v) is 11.2. The summed E-state index contributed by atoms with van der Waals surface area (Å²) in [5, 5.41) is 11.4. The molecule has 12 heteroatoms. The zero-order valence-electron chi connectivity index (χ0n) is 23.5. The van der Waals surface area contributed by atoms with E-state index in [4.69, 9.17) is 18.9 Å². The number of hydrogen-bond donors (Lipinski definition) is 1. The van der Waals surface area contributed by atoms with Gasteiger partial charge in [-0.05, 0) is 23.3 Å². The largest absolute Gasteiger partial charge is 0.459 e. The lowest BCUT2D eigenvalue weighted by Crippen LogP contribution is -2.59. The molecule has 0 radical (unpaired) electrons. The number of ether oxygens (including phenoxy) is 4. The van der Waals surface area contributed by atoms with Crippen molar-refractivity contribution in [2.24, 2.45) is 0 Å². The summed E-state index contributed by atoms with van der Waals surface area (Å²) in [4.78, 5) is 13.4. The molecule has 5 unspecified atom stereocenters. The van der Waals surface area contributed by atoms with E-state index in [0.717, 1.165) is 16.0 Å². The van der Waals surface area contributed by atoms with Crippen molar-refractivity contribution in [2.75, 3.05) is 6.61 Å². The Bertz CT molecular complexity index is 1550. The van der Waals surface area contributed by atoms with E-state index in [1.807, 2.05) is 91.0 Å². The summed E-state index contributed by atoms with van der Waals surface area (Å²) >= 11 is 1.24. The van der Waals surface area contributed by atoms with Crippen molar-refractivity contribution >= 4 is 17.7 Å². The molecule has 5 atom stereocenters. The van der Waals surface area contributed by atoms with Crippen molar-refractivity contribution in [3.8, 4) is 0 Å². The lowest BCUT2D eigenvalue weighted by Gasteiger charge is -2.44. The van der Waals surface area contributed by atoms with Gasteiger partial charge in [-0.15, -0.1) is 0 Å². The van der Waals surface area contributed by atoms with Crippen LogP contribution in [0, 0.1) is 29.1 Å². The van der Waals surface area contributed by atoms with Gasteiger partial charge in [0.25, 0.3) is 0 Å². The van der Waals surface area contributed by atoms with E-state index in [1.54, 1.807) is 0 Å². The van der Waals surface area contributed by atoms with Crippen LogP contribution >= 0.6 is 11.8 Å². The van der Waals surface area contributed by atoms with E-state index in [-0.39, 0.29) is 13.2 Å². The fourth-order valence-electron chi connectivity index (χ4n) is 4.67. The van der Waals surface area contributed by atoms with Gasteiger partial charge in [0.05, 0.1) is 13.2 Å². The molecule has 4 aromatic rings. The first-order chi connectivity index (χ1) is 21.7. The summed E-state index contributed by atoms with van der Waals surface area (Å²) in [5.41, 5.74) is -0.985. The number of carbonyl (C=O) groups excluding carboxylic acids is 1. The topological polar surface area (TPSA) is 74.2 Å². The van der Waals surface area contributed by atoms with Crippen LogP contribution in [-0.4, -0.2) is 47.5 Å². The second-order valence-electron chi connectivity index (χ2n) is 10.0. The average molecular weight is 647 g/mol. The Balaban J connectivity index is 1.41. The van der Waals surface area contributed by atoms with Gasteiger partial charge in [0.15, 0.2) is 23.3 Å². The van der Waals surface area contributed by atoms with Gasteiger partial charge in [0.2, 0.25) is 5.82 Å². The molecule has 1 N–H and O–H groups in total. The molecule has 0 aromatic heterocycles. The highest BCUT2D eigenvalue weighted by molar-refractivity contribution is 7.99. The quantitative estimate of drug-likeness (QED) is 0.0854. The third-order valence-corrected chi connectivity index (χ3v) is 8.13. The van der Waals surface area contributed by atoms with Gasteiger partial charge in [-0.2, -0.15) is 0 Å². The van der Waals surface area contributed by atoms with Crippen LogP contribution in [0.4, 0.5) is 22.0 Å². The number of thioether (sulfide) groups is 1. The van der Waals surface area contributed by atoms with Crippen LogP contribution < -0.4 is 0 Å². The molecule has 0 amide bonds. The van der Waals surface area contributed by atoms with Gasteiger partial charge in [0, 0.05) is 4.90 Å². The first-order valence-electron chi connectivity index (χ1n) is 13.8. The SMILES string of the molecule is O=C(OCC1OC(Sc2ccccc2)C(OCc2ccccc2)C(OCc2ccccc2)C1O)c1c(F)c(F)c(F)c(F)c1F. The van der Waals surface area contributed by atoms with Crippen molar-refractivity contribution in [2.45, 2.75) is 48.0 Å². The third kappa shape index (κ3) is 7.71. The molecule has 0 aliphatic carbocycles. The van der Waals surface area contributed by atoms with Gasteiger partial charge >= 0.3 is 5.97 Å². The van der Waals surface area contributed by atoms with Gasteiger partial charge in [-0.25, -0.2) is 26.7 Å². The summed E-state index contributed by atoms with van der Waals surface area (Å²) < 4.78 is 93.0. The molecule has 236 valence electrons. The highest BCUT2D eigenvalue weighted by Gasteiger charge is 2.48. The Labute approximate surface area is 259 Å². The van der Waals surface area contributed by atoms with Gasteiger partial charge in [-0.1, -0.05) is 90.6 Å². The Kier molecular flexibility index (Phi) is 10.8. The summed E-state index contributed by atoms with van der Waals surface area (Å²) in [6.45, 7) is -0.603. The molecule has 1 aliphatic rings. The predicted octanol–water partition coefficient (Wildman–Crippen LogP) is 6.59. The maximum absolute atomic E-state index is 14.3. The maximum atomic E-state index is 14.3. The molecule has 45 heavy (non-hydrogen) atoms. The van der Waals surface area contributed by atoms with Crippen molar-refractivity contribution in [3.63, 3.8) is 0 Å². The van der Waals surface area contributed by atoms with Crippen LogP contribution in [0.5, 0.6) is 0 Å². The van der Waals surface area contributed by atoms with Crippen molar-refractivity contribution < 1.29 is 50.8 Å². The molecule has 1 fully saturated rings. The number of benzene rings is 4. The number of halogens is 5. The summed E-state index contributed by atoms with van der Waals surface area (Å²) in [5.74, 6) is -13.5. The first kappa shape index (κ1) is 32.6. The van der Waals surface area contributed by atoms with Crippen LogP contribution in [0.2, 0.25) is 0 Å². The minimum absolute atomic E-state index is 0.0630. The van der Waals surface area contributed by atoms with Crippen LogP contribution in [0.3, 0.4) is 0 Å². The minimum Gasteiger partial charge on any atom is -0.459 e. The smallest absolute Gasteiger partial charge is 0.344 e. The monoisotopic (exact) mass is 646 g/mol. The predicted molar refractivity (Wildman–Crippen MR) is 154 cm³/mol. The molecular formula is C33H27F5O6S. The first-order valence-corrected chi connectivity index (χ1v) is 14.7. The normalized spacial score (nSPS) is 21.4. The standard InChI is InChI=1S/C33H27F5O6S/c34-24-23(25(35)27(37)28(38)26(24)36)32(40)43-18-22-29(39)30(41-16-19-10-4-1-5-11-19)31(42-17-20-12-6-2-7-13-20)33(44-22)45-21-14-8-3-9-15-21/h1-15,22,29-31,33,39H,16-18H2. The molecule has 5 rings (SSSR count). The van der Waals surface area contributed by atoms with E-state index in [9.17, 15) is 31.9 Å². The number of aliphatic hydroxyl groups excluding tert-OH is 1. The molecule has 0 bridgehead atoms. The molecular weight excluding hydrogens is 619 g/mol. The lowest BCUT2D eigenvalue weighted by molar-refractivity contribution is -0.237. The zero-order valence-corrected chi connectivity index (χ0v) is 24.3. The Morgan fingerprint density at radius 3 is 1.69 bits per heavy atom. The Morgan fingerprint density at radius 2 is 1.16 bits per heavy atom. The van der Waals surface area contributed by atoms with Crippen LogP contribution in [0.25, 0.3) is 0 Å². The van der Waals surface area contributed by atoms with Crippen LogP contribution in [0.15, 0.2) is 95.9 Å². The van der Waals surface area contributed by atoms with Crippen molar-refractivity contribution in [3.05, 3.63) is 137 Å². The number of hydrogen-bond acceptors (Lipinski definition) is 7. The minimum atomic E-state index is -2.41. The van der Waals surface area contributed by atoms with Gasteiger partial charge < -0.3 is 24.1 Å². The summed E-state index contributed by atoms with van der Waals surface area (Å²) in [6, 6.07) is 27.5. The van der Waals surface area contributed by atoms with Crippen LogP contribution in [-0.2, 0) is 32.2 Å². The lowest BCUT2D eigenvalue weighted by atomic mass is 9.99. The van der Waals surface area contributed by atoms with Gasteiger partial charge in [-0.3, -0.25) is 0 Å². The Morgan fingerprint density at radius 1 is 0.689 bits per heavy atom. The highest BCUT2D eigenvalue weighted by Crippen LogP contribution is 2.37. The average Bonchev–Trinajstić information content (AvgIpc) is 3.06. The summed E-state index contributed by atoms with van der Waals surface area (Å²) in [7, 11) is 0. The van der Waals surface area contributed by atoms with Gasteiger partial charge in [0.1, 0.15) is 42.0 Å². The molecule has 1 aliphatic heterocycles. The fraction of sp³-hybridized carbons (Fsp3) is 0.242. The number of rotatable bonds is 11. The fourth-order valence-corrected chi connectivity index (χ4v) is 5.82. The second kappa shape index (κ2) is 15.0.